The average Bonchev–Trinajstić information content (AvgIpc) is 3.07. The van der Waals surface area contributed by atoms with Crippen LogP contribution in [0.5, 0.6) is 0 Å². The predicted octanol–water partition coefficient (Wildman–Crippen LogP) is 3.59. The number of carbonyl (C=O) groups is 2. The molecule has 0 aliphatic carbocycles. The Labute approximate surface area is 151 Å². The summed E-state index contributed by atoms with van der Waals surface area (Å²) in [5.74, 6) is -0.575. The Morgan fingerprint density at radius 3 is 2.62 bits per heavy atom. The van der Waals surface area contributed by atoms with Gasteiger partial charge in [-0.2, -0.15) is 0 Å². The number of hydrogen-bond donors (Lipinski definition) is 1. The summed E-state index contributed by atoms with van der Waals surface area (Å²) < 4.78 is 6.81. The minimum Gasteiger partial charge on any atom is -0.466 e. The number of nitrogens with zero attached hydrogens (tertiary/aromatic N) is 2. The number of imidazole rings is 1. The van der Waals surface area contributed by atoms with E-state index in [9.17, 15) is 9.59 Å². The van der Waals surface area contributed by atoms with E-state index in [-0.39, 0.29) is 24.7 Å². The van der Waals surface area contributed by atoms with E-state index in [1.807, 2.05) is 60.1 Å². The molecule has 0 spiro atoms. The first-order valence-corrected chi connectivity index (χ1v) is 8.57. The molecule has 6 heteroatoms. The van der Waals surface area contributed by atoms with Gasteiger partial charge in [-0.1, -0.05) is 18.2 Å². The summed E-state index contributed by atoms with van der Waals surface area (Å²) in [5, 5.41) is 2.78. The molecule has 0 aliphatic heterocycles. The fraction of sp³-hybridized carbons (Fsp3) is 0.250. The third-order valence-electron chi connectivity index (χ3n) is 4.00. The molecule has 0 radical (unpaired) electrons. The van der Waals surface area contributed by atoms with Crippen LogP contribution in [0, 0.1) is 6.92 Å². The van der Waals surface area contributed by atoms with E-state index >= 15 is 0 Å². The molecule has 0 bridgehead atoms. The van der Waals surface area contributed by atoms with E-state index in [1.54, 1.807) is 6.92 Å². The van der Waals surface area contributed by atoms with E-state index in [0.717, 1.165) is 22.5 Å². The Morgan fingerprint density at radius 1 is 1.15 bits per heavy atom. The van der Waals surface area contributed by atoms with Gasteiger partial charge in [0.2, 0.25) is 5.91 Å². The van der Waals surface area contributed by atoms with Gasteiger partial charge in [0, 0.05) is 30.1 Å². The standard InChI is InChI=1S/C20H21N3O3/c1-3-26-19(25)11-10-18(24)21-16-8-6-15(7-9-16)17-13-23-12-4-5-14(2)20(23)22-17/h4-9,12-13H,3,10-11H2,1-2H3,(H,21,24). The van der Waals surface area contributed by atoms with Crippen molar-refractivity contribution in [3.05, 3.63) is 54.4 Å². The molecule has 6 nitrogen and oxygen atoms in total. The second-order valence-electron chi connectivity index (χ2n) is 5.98. The number of esters is 1. The van der Waals surface area contributed by atoms with Gasteiger partial charge in [0.1, 0.15) is 5.65 Å². The SMILES string of the molecule is CCOC(=O)CCC(=O)Nc1ccc(-c2cn3cccc(C)c3n2)cc1. The number of anilines is 1. The highest BCUT2D eigenvalue weighted by molar-refractivity contribution is 5.92. The Bertz CT molecular complexity index is 929. The number of hydrogen-bond acceptors (Lipinski definition) is 4. The lowest BCUT2D eigenvalue weighted by Crippen LogP contribution is -2.14. The molecule has 0 saturated heterocycles. The number of fused-ring (bicyclic) bond motifs is 1. The van der Waals surface area contributed by atoms with E-state index in [0.29, 0.717) is 12.3 Å². The van der Waals surface area contributed by atoms with Crippen molar-refractivity contribution in [2.75, 3.05) is 11.9 Å². The molecule has 26 heavy (non-hydrogen) atoms. The van der Waals surface area contributed by atoms with Gasteiger partial charge in [0.15, 0.2) is 0 Å². The number of benzene rings is 1. The van der Waals surface area contributed by atoms with Crippen LogP contribution in [-0.4, -0.2) is 27.9 Å². The summed E-state index contributed by atoms with van der Waals surface area (Å²) in [7, 11) is 0. The molecule has 0 fully saturated rings. The van der Waals surface area contributed by atoms with Crippen molar-refractivity contribution < 1.29 is 14.3 Å². The van der Waals surface area contributed by atoms with Crippen molar-refractivity contribution >= 4 is 23.2 Å². The minimum absolute atomic E-state index is 0.0817. The van der Waals surface area contributed by atoms with Crippen LogP contribution in [0.25, 0.3) is 16.9 Å². The molecule has 0 saturated carbocycles. The van der Waals surface area contributed by atoms with Crippen LogP contribution in [0.15, 0.2) is 48.8 Å². The predicted molar refractivity (Wildman–Crippen MR) is 99.9 cm³/mol. The molecule has 0 aliphatic rings. The number of rotatable bonds is 6. The largest absolute Gasteiger partial charge is 0.466 e. The monoisotopic (exact) mass is 351 g/mol. The lowest BCUT2D eigenvalue weighted by molar-refractivity contribution is -0.144. The summed E-state index contributed by atoms with van der Waals surface area (Å²) in [5.41, 5.74) is 4.57. The smallest absolute Gasteiger partial charge is 0.306 e. The average molecular weight is 351 g/mol. The van der Waals surface area contributed by atoms with Crippen molar-refractivity contribution in [3.8, 4) is 11.3 Å². The highest BCUT2D eigenvalue weighted by Crippen LogP contribution is 2.22. The lowest BCUT2D eigenvalue weighted by Gasteiger charge is -2.06. The first kappa shape index (κ1) is 17.7. The second kappa shape index (κ2) is 7.82. The first-order valence-electron chi connectivity index (χ1n) is 8.57. The van der Waals surface area contributed by atoms with Crippen molar-refractivity contribution in [3.63, 3.8) is 0 Å². The van der Waals surface area contributed by atoms with Crippen LogP contribution in [0.4, 0.5) is 5.69 Å². The van der Waals surface area contributed by atoms with E-state index < -0.39 is 0 Å². The van der Waals surface area contributed by atoms with Crippen LogP contribution in [0.2, 0.25) is 0 Å². The third-order valence-corrected chi connectivity index (χ3v) is 4.00. The van der Waals surface area contributed by atoms with Crippen molar-refractivity contribution in [1.29, 1.82) is 0 Å². The zero-order chi connectivity index (χ0) is 18.5. The van der Waals surface area contributed by atoms with Gasteiger partial charge >= 0.3 is 5.97 Å². The number of aromatic nitrogens is 2. The van der Waals surface area contributed by atoms with Crippen molar-refractivity contribution in [2.45, 2.75) is 26.7 Å². The van der Waals surface area contributed by atoms with E-state index in [4.69, 9.17) is 4.74 Å². The Balaban J connectivity index is 1.65. The molecule has 2 heterocycles. The van der Waals surface area contributed by atoms with Gasteiger partial charge in [-0.05, 0) is 37.6 Å². The van der Waals surface area contributed by atoms with Crippen molar-refractivity contribution in [1.82, 2.24) is 9.38 Å². The number of nitrogens with one attached hydrogen (secondary N) is 1. The summed E-state index contributed by atoms with van der Waals surface area (Å²) in [6.07, 6.45) is 4.14. The van der Waals surface area contributed by atoms with Crippen LogP contribution in [0.3, 0.4) is 0 Å². The summed E-state index contributed by atoms with van der Waals surface area (Å²) in [6, 6.07) is 11.5. The van der Waals surface area contributed by atoms with Gasteiger partial charge in [-0.25, -0.2) is 4.98 Å². The molecular formula is C20H21N3O3. The van der Waals surface area contributed by atoms with Crippen LogP contribution >= 0.6 is 0 Å². The fourth-order valence-electron chi connectivity index (χ4n) is 2.69. The molecular weight excluding hydrogens is 330 g/mol. The van der Waals surface area contributed by atoms with Crippen LogP contribution in [0.1, 0.15) is 25.3 Å². The minimum atomic E-state index is -0.361. The maximum atomic E-state index is 11.9. The number of carbonyl (C=O) groups excluding carboxylic acids is 2. The molecule has 1 aromatic carbocycles. The number of pyridine rings is 1. The zero-order valence-electron chi connectivity index (χ0n) is 14.9. The quantitative estimate of drug-likeness (QED) is 0.689. The molecule has 0 unspecified atom stereocenters. The Hall–Kier alpha value is -3.15. The molecule has 1 amide bonds. The van der Waals surface area contributed by atoms with E-state index in [1.165, 1.54) is 0 Å². The second-order valence-corrected chi connectivity index (χ2v) is 5.98. The molecule has 3 rings (SSSR count). The van der Waals surface area contributed by atoms with Gasteiger partial charge in [0.05, 0.1) is 18.7 Å². The van der Waals surface area contributed by atoms with Crippen LogP contribution < -0.4 is 5.32 Å². The molecule has 134 valence electrons. The van der Waals surface area contributed by atoms with Crippen molar-refractivity contribution in [2.24, 2.45) is 0 Å². The number of aryl methyl sites for hydroxylation is 1. The summed E-state index contributed by atoms with van der Waals surface area (Å²) in [4.78, 5) is 27.8. The first-order chi connectivity index (χ1) is 12.6. The Morgan fingerprint density at radius 2 is 1.92 bits per heavy atom. The van der Waals surface area contributed by atoms with Gasteiger partial charge in [-0.15, -0.1) is 0 Å². The fourth-order valence-corrected chi connectivity index (χ4v) is 2.69. The Kier molecular flexibility index (Phi) is 5.31. The molecule has 3 aromatic rings. The highest BCUT2D eigenvalue weighted by atomic mass is 16.5. The number of ether oxygens (including phenoxy) is 1. The molecule has 0 atom stereocenters. The summed E-state index contributed by atoms with van der Waals surface area (Å²) >= 11 is 0. The maximum absolute atomic E-state index is 11.9. The topological polar surface area (TPSA) is 72.7 Å². The zero-order valence-corrected chi connectivity index (χ0v) is 14.9. The van der Waals surface area contributed by atoms with Gasteiger partial charge < -0.3 is 14.5 Å². The normalized spacial score (nSPS) is 10.7. The lowest BCUT2D eigenvalue weighted by atomic mass is 10.1. The molecule has 2 aromatic heterocycles. The summed E-state index contributed by atoms with van der Waals surface area (Å²) in [6.45, 7) is 4.09. The highest BCUT2D eigenvalue weighted by Gasteiger charge is 2.09. The molecule has 1 N–H and O–H groups in total. The van der Waals surface area contributed by atoms with E-state index in [2.05, 4.69) is 10.3 Å². The van der Waals surface area contributed by atoms with Crippen LogP contribution in [-0.2, 0) is 14.3 Å². The maximum Gasteiger partial charge on any atom is 0.306 e. The van der Waals surface area contributed by atoms with Gasteiger partial charge in [0.25, 0.3) is 0 Å². The van der Waals surface area contributed by atoms with Gasteiger partial charge in [-0.3, -0.25) is 9.59 Å². The third kappa shape index (κ3) is 4.08. The number of amides is 1.